The van der Waals surface area contributed by atoms with Crippen LogP contribution in [0.4, 0.5) is 0 Å². The van der Waals surface area contributed by atoms with Crippen LogP contribution in [-0.2, 0) is 11.8 Å². The standard InChI is InChI=1S/C17H26N4O2/c1-19-13-15(12-18-19)17(23)21-10-8-20(9-11-21)16(22)7-6-14-4-2-3-5-14/h12-14H,2-11H2,1H3. The van der Waals surface area contributed by atoms with Gasteiger partial charge in [0.15, 0.2) is 0 Å². The van der Waals surface area contributed by atoms with E-state index in [0.29, 0.717) is 38.2 Å². The first-order valence-electron chi connectivity index (χ1n) is 8.69. The molecule has 1 aliphatic carbocycles. The highest BCUT2D eigenvalue weighted by Gasteiger charge is 2.26. The first kappa shape index (κ1) is 16.0. The lowest BCUT2D eigenvalue weighted by Crippen LogP contribution is -2.50. The fourth-order valence-electron chi connectivity index (χ4n) is 3.66. The van der Waals surface area contributed by atoms with Gasteiger partial charge in [-0.25, -0.2) is 0 Å². The molecule has 6 heteroatoms. The molecule has 2 aliphatic rings. The topological polar surface area (TPSA) is 58.4 Å². The number of hydrogen-bond acceptors (Lipinski definition) is 3. The van der Waals surface area contributed by atoms with Gasteiger partial charge < -0.3 is 9.80 Å². The summed E-state index contributed by atoms with van der Waals surface area (Å²) in [4.78, 5) is 28.4. The average Bonchev–Trinajstić information content (AvgIpc) is 3.23. The summed E-state index contributed by atoms with van der Waals surface area (Å²) in [5, 5.41) is 4.04. The maximum absolute atomic E-state index is 12.4. The molecule has 1 aromatic heterocycles. The van der Waals surface area contributed by atoms with Gasteiger partial charge in [0.2, 0.25) is 5.91 Å². The van der Waals surface area contributed by atoms with Crippen LogP contribution in [0.15, 0.2) is 12.4 Å². The molecule has 2 heterocycles. The Balaban J connectivity index is 1.44. The van der Waals surface area contributed by atoms with Gasteiger partial charge in [0.25, 0.3) is 5.91 Å². The van der Waals surface area contributed by atoms with Gasteiger partial charge in [-0.2, -0.15) is 5.10 Å². The van der Waals surface area contributed by atoms with Gasteiger partial charge in [0, 0.05) is 45.8 Å². The number of amides is 2. The molecule has 0 radical (unpaired) electrons. The molecule has 0 unspecified atom stereocenters. The Labute approximate surface area is 137 Å². The summed E-state index contributed by atoms with van der Waals surface area (Å²) in [5.74, 6) is 1.02. The predicted octanol–water partition coefficient (Wildman–Crippen LogP) is 1.67. The second kappa shape index (κ2) is 7.15. The number of hydrogen-bond donors (Lipinski definition) is 0. The van der Waals surface area contributed by atoms with E-state index in [1.54, 1.807) is 24.1 Å². The molecule has 0 spiro atoms. The molecular formula is C17H26N4O2. The minimum Gasteiger partial charge on any atom is -0.339 e. The SMILES string of the molecule is Cn1cc(C(=O)N2CCN(C(=O)CCC3CCCC3)CC2)cn1. The Morgan fingerprint density at radius 2 is 1.78 bits per heavy atom. The van der Waals surface area contributed by atoms with Gasteiger partial charge in [0.05, 0.1) is 11.8 Å². The summed E-state index contributed by atoms with van der Waals surface area (Å²) in [5.41, 5.74) is 0.619. The lowest BCUT2D eigenvalue weighted by Gasteiger charge is -2.34. The summed E-state index contributed by atoms with van der Waals surface area (Å²) in [7, 11) is 1.80. The number of piperazine rings is 1. The van der Waals surface area contributed by atoms with E-state index < -0.39 is 0 Å². The van der Waals surface area contributed by atoms with Crippen molar-refractivity contribution < 1.29 is 9.59 Å². The summed E-state index contributed by atoms with van der Waals surface area (Å²) in [6, 6.07) is 0. The molecule has 2 fully saturated rings. The molecule has 1 aromatic rings. The molecule has 6 nitrogen and oxygen atoms in total. The van der Waals surface area contributed by atoms with Crippen LogP contribution in [0, 0.1) is 5.92 Å². The smallest absolute Gasteiger partial charge is 0.257 e. The van der Waals surface area contributed by atoms with Crippen molar-refractivity contribution in [3.05, 3.63) is 18.0 Å². The van der Waals surface area contributed by atoms with Gasteiger partial charge in [-0.3, -0.25) is 14.3 Å². The predicted molar refractivity (Wildman–Crippen MR) is 86.9 cm³/mol. The Morgan fingerprint density at radius 3 is 2.39 bits per heavy atom. The molecule has 0 atom stereocenters. The molecule has 1 saturated heterocycles. The number of carbonyl (C=O) groups excluding carboxylic acids is 2. The number of nitrogens with zero attached hydrogens (tertiary/aromatic N) is 4. The third-order valence-electron chi connectivity index (χ3n) is 5.11. The molecule has 2 amide bonds. The fraction of sp³-hybridized carbons (Fsp3) is 0.706. The molecule has 23 heavy (non-hydrogen) atoms. The second-order valence-corrected chi connectivity index (χ2v) is 6.76. The van der Waals surface area contributed by atoms with E-state index in [1.807, 2.05) is 9.80 Å². The van der Waals surface area contributed by atoms with Crippen LogP contribution in [0.25, 0.3) is 0 Å². The molecule has 0 N–H and O–H groups in total. The number of carbonyl (C=O) groups is 2. The van der Waals surface area contributed by atoms with Crippen molar-refractivity contribution in [2.75, 3.05) is 26.2 Å². The molecule has 126 valence electrons. The van der Waals surface area contributed by atoms with Crippen molar-refractivity contribution in [3.8, 4) is 0 Å². The Bertz CT molecular complexity index is 555. The minimum absolute atomic E-state index is 0.0103. The van der Waals surface area contributed by atoms with Crippen LogP contribution in [0.2, 0.25) is 0 Å². The van der Waals surface area contributed by atoms with Gasteiger partial charge in [-0.15, -0.1) is 0 Å². The maximum atomic E-state index is 12.4. The highest BCUT2D eigenvalue weighted by Crippen LogP contribution is 2.28. The van der Waals surface area contributed by atoms with Crippen LogP contribution in [0.3, 0.4) is 0 Å². The Morgan fingerprint density at radius 1 is 1.13 bits per heavy atom. The van der Waals surface area contributed by atoms with E-state index in [-0.39, 0.29) is 11.8 Å². The van der Waals surface area contributed by atoms with Crippen LogP contribution in [0.1, 0.15) is 48.9 Å². The average molecular weight is 318 g/mol. The van der Waals surface area contributed by atoms with Crippen molar-refractivity contribution >= 4 is 11.8 Å². The largest absolute Gasteiger partial charge is 0.339 e. The summed E-state index contributed by atoms with van der Waals surface area (Å²) >= 11 is 0. The molecule has 1 aliphatic heterocycles. The van der Waals surface area contributed by atoms with Crippen LogP contribution in [0.5, 0.6) is 0 Å². The van der Waals surface area contributed by atoms with Crippen molar-refractivity contribution in [2.24, 2.45) is 13.0 Å². The monoisotopic (exact) mass is 318 g/mol. The normalized spacial score (nSPS) is 19.3. The summed E-state index contributed by atoms with van der Waals surface area (Å²) in [6.45, 7) is 2.52. The van der Waals surface area contributed by atoms with Crippen molar-refractivity contribution in [1.82, 2.24) is 19.6 Å². The van der Waals surface area contributed by atoms with E-state index >= 15 is 0 Å². The highest BCUT2D eigenvalue weighted by atomic mass is 16.2. The number of rotatable bonds is 4. The fourth-order valence-corrected chi connectivity index (χ4v) is 3.66. The lowest BCUT2D eigenvalue weighted by molar-refractivity contribution is -0.133. The van der Waals surface area contributed by atoms with E-state index in [9.17, 15) is 9.59 Å². The first-order chi connectivity index (χ1) is 11.1. The van der Waals surface area contributed by atoms with Crippen LogP contribution in [-0.4, -0.2) is 57.6 Å². The highest BCUT2D eigenvalue weighted by molar-refractivity contribution is 5.93. The third kappa shape index (κ3) is 3.92. The van der Waals surface area contributed by atoms with Gasteiger partial charge in [-0.1, -0.05) is 25.7 Å². The molecular weight excluding hydrogens is 292 g/mol. The van der Waals surface area contributed by atoms with Gasteiger partial charge in [-0.05, 0) is 12.3 Å². The van der Waals surface area contributed by atoms with Crippen LogP contribution >= 0.6 is 0 Å². The minimum atomic E-state index is 0.0103. The quantitative estimate of drug-likeness (QED) is 0.848. The molecule has 1 saturated carbocycles. The van der Waals surface area contributed by atoms with E-state index in [4.69, 9.17) is 0 Å². The lowest BCUT2D eigenvalue weighted by atomic mass is 10.0. The molecule has 3 rings (SSSR count). The first-order valence-corrected chi connectivity index (χ1v) is 8.69. The van der Waals surface area contributed by atoms with E-state index in [2.05, 4.69) is 5.10 Å². The van der Waals surface area contributed by atoms with Crippen molar-refractivity contribution in [1.29, 1.82) is 0 Å². The van der Waals surface area contributed by atoms with Crippen molar-refractivity contribution in [3.63, 3.8) is 0 Å². The van der Waals surface area contributed by atoms with Gasteiger partial charge >= 0.3 is 0 Å². The van der Waals surface area contributed by atoms with Gasteiger partial charge in [0.1, 0.15) is 0 Å². The maximum Gasteiger partial charge on any atom is 0.257 e. The second-order valence-electron chi connectivity index (χ2n) is 6.76. The van der Waals surface area contributed by atoms with E-state index in [1.165, 1.54) is 25.7 Å². The molecule has 0 aromatic carbocycles. The Kier molecular flexibility index (Phi) is 4.98. The van der Waals surface area contributed by atoms with Crippen LogP contribution < -0.4 is 0 Å². The van der Waals surface area contributed by atoms with Crippen molar-refractivity contribution in [2.45, 2.75) is 38.5 Å². The molecule has 0 bridgehead atoms. The number of aromatic nitrogens is 2. The summed E-state index contributed by atoms with van der Waals surface area (Å²) in [6.07, 6.45) is 10.3. The third-order valence-corrected chi connectivity index (χ3v) is 5.11. The zero-order chi connectivity index (χ0) is 16.2. The zero-order valence-corrected chi connectivity index (χ0v) is 13.9. The Hall–Kier alpha value is -1.85. The number of aryl methyl sites for hydroxylation is 1. The zero-order valence-electron chi connectivity index (χ0n) is 13.9. The summed E-state index contributed by atoms with van der Waals surface area (Å²) < 4.78 is 1.63. The van der Waals surface area contributed by atoms with E-state index in [0.717, 1.165) is 12.3 Å².